The van der Waals surface area contributed by atoms with Gasteiger partial charge >= 0.3 is 0 Å². The van der Waals surface area contributed by atoms with E-state index in [1.807, 2.05) is 11.4 Å². The third-order valence-electron chi connectivity index (χ3n) is 2.73. The summed E-state index contributed by atoms with van der Waals surface area (Å²) in [6, 6.07) is 6.43. The number of hydrogen-bond acceptors (Lipinski definition) is 5. The Kier molecular flexibility index (Phi) is 3.54. The summed E-state index contributed by atoms with van der Waals surface area (Å²) in [5, 5.41) is 9.03. The molecule has 0 aliphatic heterocycles. The number of nitrogens with one attached hydrogen (secondary N) is 2. The van der Waals surface area contributed by atoms with E-state index >= 15 is 0 Å². The lowest BCUT2D eigenvalue weighted by atomic mass is 10.3. The van der Waals surface area contributed by atoms with Crippen LogP contribution in [-0.2, 0) is 0 Å². The van der Waals surface area contributed by atoms with Gasteiger partial charge in [-0.15, -0.1) is 11.3 Å². The van der Waals surface area contributed by atoms with E-state index in [1.165, 1.54) is 12.1 Å². The van der Waals surface area contributed by atoms with Gasteiger partial charge in [0.2, 0.25) is 5.95 Å². The molecule has 0 atom stereocenters. The topological polar surface area (TPSA) is 49.8 Å². The molecule has 102 valence electrons. The lowest BCUT2D eigenvalue weighted by molar-refractivity contribution is 0.627. The molecule has 0 amide bonds. The maximum atomic E-state index is 13.1. The predicted molar refractivity (Wildman–Crippen MR) is 84.3 cm³/mol. The van der Waals surface area contributed by atoms with Crippen LogP contribution in [0.2, 0.25) is 0 Å². The Hall–Kier alpha value is -1.73. The number of nitrogens with zero attached hydrogens (tertiary/aromatic N) is 2. The van der Waals surface area contributed by atoms with Gasteiger partial charge in [-0.1, -0.05) is 0 Å². The Morgan fingerprint density at radius 1 is 1.25 bits per heavy atom. The minimum atomic E-state index is -0.290. The molecule has 0 aliphatic rings. The molecule has 0 bridgehead atoms. The Labute approximate surface area is 127 Å². The van der Waals surface area contributed by atoms with Crippen molar-refractivity contribution < 1.29 is 4.39 Å². The van der Waals surface area contributed by atoms with Crippen molar-refractivity contribution in [2.24, 2.45) is 0 Å². The second-order valence-electron chi connectivity index (χ2n) is 4.03. The number of aromatic nitrogens is 2. The van der Waals surface area contributed by atoms with Crippen LogP contribution < -0.4 is 10.6 Å². The Morgan fingerprint density at radius 2 is 2.10 bits per heavy atom. The number of anilines is 3. The number of halogens is 2. The summed E-state index contributed by atoms with van der Waals surface area (Å²) in [4.78, 5) is 9.68. The highest BCUT2D eigenvalue weighted by molar-refractivity contribution is 9.10. The van der Waals surface area contributed by atoms with E-state index in [1.54, 1.807) is 24.5 Å². The average Bonchev–Trinajstić information content (AvgIpc) is 2.90. The molecule has 2 aromatic heterocycles. The average molecular weight is 353 g/mol. The quantitative estimate of drug-likeness (QED) is 0.734. The first-order chi connectivity index (χ1) is 9.67. The zero-order valence-electron chi connectivity index (χ0n) is 10.4. The molecule has 0 spiro atoms. The van der Waals surface area contributed by atoms with Gasteiger partial charge in [-0.3, -0.25) is 0 Å². The molecule has 0 unspecified atom stereocenters. The van der Waals surface area contributed by atoms with Crippen LogP contribution in [0.1, 0.15) is 0 Å². The van der Waals surface area contributed by atoms with Gasteiger partial charge in [0.15, 0.2) is 0 Å². The fourth-order valence-electron chi connectivity index (χ4n) is 1.78. The van der Waals surface area contributed by atoms with Crippen molar-refractivity contribution in [3.05, 3.63) is 39.9 Å². The summed E-state index contributed by atoms with van der Waals surface area (Å²) in [6.45, 7) is 0. The lowest BCUT2D eigenvalue weighted by Crippen LogP contribution is -2.01. The zero-order chi connectivity index (χ0) is 14.1. The fourth-order valence-corrected chi connectivity index (χ4v) is 2.99. The maximum Gasteiger partial charge on any atom is 0.225 e. The summed E-state index contributed by atoms with van der Waals surface area (Å²) < 4.78 is 13.8. The highest BCUT2D eigenvalue weighted by Crippen LogP contribution is 2.31. The first-order valence-electron chi connectivity index (χ1n) is 5.82. The third kappa shape index (κ3) is 2.46. The monoisotopic (exact) mass is 352 g/mol. The minimum Gasteiger partial charge on any atom is -0.357 e. The Balaban J connectivity index is 2.07. The Bertz CT molecular complexity index is 774. The van der Waals surface area contributed by atoms with Crippen LogP contribution in [0.25, 0.3) is 10.2 Å². The van der Waals surface area contributed by atoms with Crippen LogP contribution in [-0.4, -0.2) is 17.0 Å². The predicted octanol–water partition coefficient (Wildman–Crippen LogP) is 4.38. The van der Waals surface area contributed by atoms with Crippen LogP contribution in [0.3, 0.4) is 0 Å². The molecule has 1 aromatic carbocycles. The number of thiophene rings is 1. The van der Waals surface area contributed by atoms with E-state index in [0.717, 1.165) is 15.9 Å². The second kappa shape index (κ2) is 5.34. The van der Waals surface area contributed by atoms with Gasteiger partial charge in [-0.2, -0.15) is 4.98 Å². The van der Waals surface area contributed by atoms with Gasteiger partial charge in [0.05, 0.1) is 11.1 Å². The van der Waals surface area contributed by atoms with Crippen LogP contribution >= 0.6 is 27.3 Å². The third-order valence-corrected chi connectivity index (χ3v) is 4.20. The minimum absolute atomic E-state index is 0.290. The Morgan fingerprint density at radius 3 is 2.85 bits per heavy atom. The van der Waals surface area contributed by atoms with Crippen molar-refractivity contribution in [2.45, 2.75) is 0 Å². The molecule has 0 fully saturated rings. The number of hydrogen-bond donors (Lipinski definition) is 2. The molecule has 2 N–H and O–H groups in total. The van der Waals surface area contributed by atoms with E-state index in [9.17, 15) is 4.39 Å². The molecule has 2 heterocycles. The van der Waals surface area contributed by atoms with Gasteiger partial charge in [0.1, 0.15) is 16.5 Å². The zero-order valence-corrected chi connectivity index (χ0v) is 12.8. The van der Waals surface area contributed by atoms with Crippen molar-refractivity contribution in [1.82, 2.24) is 9.97 Å². The molecular weight excluding hydrogens is 343 g/mol. The van der Waals surface area contributed by atoms with Crippen molar-refractivity contribution >= 4 is 54.9 Å². The number of benzene rings is 1. The molecule has 0 radical (unpaired) electrons. The summed E-state index contributed by atoms with van der Waals surface area (Å²) in [6.07, 6.45) is 0. The molecule has 0 saturated heterocycles. The molecule has 0 saturated carbocycles. The summed E-state index contributed by atoms with van der Waals surface area (Å²) in [7, 11) is 1.77. The van der Waals surface area contributed by atoms with E-state index < -0.39 is 0 Å². The lowest BCUT2D eigenvalue weighted by Gasteiger charge is -2.10. The molecule has 3 aromatic rings. The SMILES string of the molecule is CNc1nc(Nc2ccc(F)cc2Br)c2ccsc2n1. The van der Waals surface area contributed by atoms with Gasteiger partial charge in [0, 0.05) is 11.5 Å². The van der Waals surface area contributed by atoms with Crippen molar-refractivity contribution in [3.63, 3.8) is 0 Å². The first kappa shape index (κ1) is 13.3. The summed E-state index contributed by atoms with van der Waals surface area (Å²) in [5.41, 5.74) is 0.750. The highest BCUT2D eigenvalue weighted by atomic mass is 79.9. The van der Waals surface area contributed by atoms with Crippen molar-refractivity contribution in [3.8, 4) is 0 Å². The van der Waals surface area contributed by atoms with E-state index in [2.05, 4.69) is 36.5 Å². The fraction of sp³-hybridized carbons (Fsp3) is 0.0769. The normalized spacial score (nSPS) is 10.8. The van der Waals surface area contributed by atoms with E-state index in [-0.39, 0.29) is 5.82 Å². The highest BCUT2D eigenvalue weighted by Gasteiger charge is 2.10. The molecule has 3 rings (SSSR count). The second-order valence-corrected chi connectivity index (χ2v) is 5.78. The van der Waals surface area contributed by atoms with Crippen molar-refractivity contribution in [1.29, 1.82) is 0 Å². The van der Waals surface area contributed by atoms with Gasteiger partial charge < -0.3 is 10.6 Å². The smallest absolute Gasteiger partial charge is 0.225 e. The standard InChI is InChI=1S/C13H10BrFN4S/c1-16-13-18-11(8-4-5-20-12(8)19-13)17-10-3-2-7(15)6-9(10)14/h2-6H,1H3,(H2,16,17,18,19). The van der Waals surface area contributed by atoms with Gasteiger partial charge in [-0.05, 0) is 45.6 Å². The van der Waals surface area contributed by atoms with Gasteiger partial charge in [-0.25, -0.2) is 9.37 Å². The van der Waals surface area contributed by atoms with E-state index in [0.29, 0.717) is 16.2 Å². The summed E-state index contributed by atoms with van der Waals surface area (Å²) in [5.74, 6) is 0.940. The molecule has 20 heavy (non-hydrogen) atoms. The number of rotatable bonds is 3. The van der Waals surface area contributed by atoms with Crippen LogP contribution in [0, 0.1) is 5.82 Å². The first-order valence-corrected chi connectivity index (χ1v) is 7.49. The molecule has 0 aliphatic carbocycles. The maximum absolute atomic E-state index is 13.1. The summed E-state index contributed by atoms with van der Waals surface area (Å²) >= 11 is 4.88. The largest absolute Gasteiger partial charge is 0.357 e. The van der Waals surface area contributed by atoms with Crippen molar-refractivity contribution in [2.75, 3.05) is 17.7 Å². The van der Waals surface area contributed by atoms with Crippen LogP contribution in [0.15, 0.2) is 34.1 Å². The molecule has 4 nitrogen and oxygen atoms in total. The van der Waals surface area contributed by atoms with Crippen LogP contribution in [0.4, 0.5) is 21.8 Å². The van der Waals surface area contributed by atoms with Gasteiger partial charge in [0.25, 0.3) is 0 Å². The molecular formula is C13H10BrFN4S. The van der Waals surface area contributed by atoms with E-state index in [4.69, 9.17) is 0 Å². The van der Waals surface area contributed by atoms with Crippen LogP contribution in [0.5, 0.6) is 0 Å². The number of fused-ring (bicyclic) bond motifs is 1. The molecule has 7 heteroatoms.